The first-order chi connectivity index (χ1) is 13.2. The van der Waals surface area contributed by atoms with Gasteiger partial charge in [-0.1, -0.05) is 30.3 Å². The Balaban J connectivity index is 1.89. The van der Waals surface area contributed by atoms with Crippen molar-refractivity contribution in [3.8, 4) is 5.75 Å². The lowest BCUT2D eigenvalue weighted by molar-refractivity contribution is 0.0953. The molecule has 0 saturated carbocycles. The minimum atomic E-state index is -0.544. The van der Waals surface area contributed by atoms with Gasteiger partial charge in [0.25, 0.3) is 11.5 Å². The highest BCUT2D eigenvalue weighted by atomic mass is 16.5. The molecule has 0 radical (unpaired) electrons. The molecule has 0 spiro atoms. The molecule has 0 aliphatic rings. The third-order valence-electron chi connectivity index (χ3n) is 4.20. The maximum Gasteiger partial charge on any atom is 0.276 e. The molecule has 3 aromatic rings. The third-order valence-corrected chi connectivity index (χ3v) is 4.20. The van der Waals surface area contributed by atoms with Crippen LogP contribution in [0, 0.1) is 0 Å². The van der Waals surface area contributed by atoms with E-state index in [1.807, 2.05) is 50.2 Å². The van der Waals surface area contributed by atoms with E-state index in [9.17, 15) is 9.59 Å². The summed E-state index contributed by atoms with van der Waals surface area (Å²) >= 11 is 0. The van der Waals surface area contributed by atoms with E-state index in [0.717, 1.165) is 16.3 Å². The zero-order chi connectivity index (χ0) is 19.2. The SMILES string of the molecule is CCOc1ccc2ccccc2c1/C=N\NC(=O)c1cccn(CC)c1=O. The lowest BCUT2D eigenvalue weighted by Crippen LogP contribution is -2.30. The van der Waals surface area contributed by atoms with Crippen LogP contribution in [0.5, 0.6) is 5.75 Å². The van der Waals surface area contributed by atoms with Gasteiger partial charge in [0.05, 0.1) is 12.8 Å². The number of amides is 1. The number of carbonyl (C=O) groups excluding carboxylic acids is 1. The quantitative estimate of drug-likeness (QED) is 0.540. The molecule has 0 atom stereocenters. The van der Waals surface area contributed by atoms with Gasteiger partial charge >= 0.3 is 0 Å². The van der Waals surface area contributed by atoms with Crippen LogP contribution in [-0.2, 0) is 6.54 Å². The average molecular weight is 363 g/mol. The Morgan fingerprint density at radius 3 is 2.74 bits per heavy atom. The minimum absolute atomic E-state index is 0.0550. The number of carbonyl (C=O) groups is 1. The Hall–Kier alpha value is -3.41. The average Bonchev–Trinajstić information content (AvgIpc) is 2.69. The monoisotopic (exact) mass is 363 g/mol. The summed E-state index contributed by atoms with van der Waals surface area (Å²) in [7, 11) is 0. The summed E-state index contributed by atoms with van der Waals surface area (Å²) in [6, 6.07) is 14.9. The fraction of sp³-hybridized carbons (Fsp3) is 0.190. The zero-order valence-electron chi connectivity index (χ0n) is 15.3. The summed E-state index contributed by atoms with van der Waals surface area (Å²) in [5.41, 5.74) is 2.92. The summed E-state index contributed by atoms with van der Waals surface area (Å²) in [4.78, 5) is 24.5. The fourth-order valence-corrected chi connectivity index (χ4v) is 2.86. The van der Waals surface area contributed by atoms with Gasteiger partial charge in [-0.05, 0) is 42.8 Å². The zero-order valence-corrected chi connectivity index (χ0v) is 15.3. The Morgan fingerprint density at radius 2 is 1.96 bits per heavy atom. The largest absolute Gasteiger partial charge is 0.493 e. The molecular weight excluding hydrogens is 342 g/mol. The second-order valence-corrected chi connectivity index (χ2v) is 5.84. The molecule has 0 aliphatic carbocycles. The maximum absolute atomic E-state index is 12.3. The molecule has 1 N–H and O–H groups in total. The van der Waals surface area contributed by atoms with Gasteiger partial charge in [-0.15, -0.1) is 0 Å². The van der Waals surface area contributed by atoms with Crippen molar-refractivity contribution in [2.45, 2.75) is 20.4 Å². The molecule has 1 heterocycles. The summed E-state index contributed by atoms with van der Waals surface area (Å²) in [5, 5.41) is 6.07. The Bertz CT molecular complexity index is 1050. The summed E-state index contributed by atoms with van der Waals surface area (Å²) < 4.78 is 7.15. The van der Waals surface area contributed by atoms with E-state index in [4.69, 9.17) is 4.74 Å². The molecule has 0 bridgehead atoms. The topological polar surface area (TPSA) is 72.7 Å². The van der Waals surface area contributed by atoms with Gasteiger partial charge < -0.3 is 9.30 Å². The first-order valence-corrected chi connectivity index (χ1v) is 8.83. The molecule has 6 heteroatoms. The Morgan fingerprint density at radius 1 is 1.15 bits per heavy atom. The van der Waals surface area contributed by atoms with Crippen LogP contribution >= 0.6 is 0 Å². The first-order valence-electron chi connectivity index (χ1n) is 8.83. The first kappa shape index (κ1) is 18.4. The van der Waals surface area contributed by atoms with Gasteiger partial charge in [0.2, 0.25) is 0 Å². The van der Waals surface area contributed by atoms with Crippen LogP contribution in [-0.4, -0.2) is 23.3 Å². The van der Waals surface area contributed by atoms with Gasteiger partial charge in [0.1, 0.15) is 11.3 Å². The predicted octanol–water partition coefficient (Wildman–Crippen LogP) is 3.18. The number of aromatic nitrogens is 1. The number of rotatable bonds is 6. The molecule has 2 aromatic carbocycles. The van der Waals surface area contributed by atoms with E-state index in [2.05, 4.69) is 10.5 Å². The predicted molar refractivity (Wildman–Crippen MR) is 107 cm³/mol. The summed E-state index contributed by atoms with van der Waals surface area (Å²) in [6.07, 6.45) is 3.19. The van der Waals surface area contributed by atoms with Crippen molar-refractivity contribution in [3.63, 3.8) is 0 Å². The molecule has 6 nitrogen and oxygen atoms in total. The van der Waals surface area contributed by atoms with Crippen LogP contribution in [0.2, 0.25) is 0 Å². The van der Waals surface area contributed by atoms with Crippen molar-refractivity contribution in [2.75, 3.05) is 6.61 Å². The molecule has 1 amide bonds. The lowest BCUT2D eigenvalue weighted by atomic mass is 10.0. The Kier molecular flexibility index (Phi) is 5.66. The molecule has 1 aromatic heterocycles. The molecule has 3 rings (SSSR count). The van der Waals surface area contributed by atoms with Gasteiger partial charge in [-0.3, -0.25) is 9.59 Å². The minimum Gasteiger partial charge on any atom is -0.493 e. The van der Waals surface area contributed by atoms with Crippen molar-refractivity contribution < 1.29 is 9.53 Å². The number of hydrazone groups is 1. The van der Waals surface area contributed by atoms with Crippen molar-refractivity contribution in [1.29, 1.82) is 0 Å². The number of nitrogens with zero attached hydrogens (tertiary/aromatic N) is 2. The molecule has 0 fully saturated rings. The number of pyridine rings is 1. The van der Waals surface area contributed by atoms with Gasteiger partial charge in [-0.2, -0.15) is 5.10 Å². The smallest absolute Gasteiger partial charge is 0.276 e. The number of nitrogens with one attached hydrogen (secondary N) is 1. The summed E-state index contributed by atoms with van der Waals surface area (Å²) in [6.45, 7) is 4.77. The number of aryl methyl sites for hydroxylation is 1. The molecule has 0 saturated heterocycles. The van der Waals surface area contributed by atoms with Crippen molar-refractivity contribution in [1.82, 2.24) is 9.99 Å². The van der Waals surface area contributed by atoms with Crippen LogP contribution in [0.1, 0.15) is 29.8 Å². The molecular formula is C21H21N3O3. The second-order valence-electron chi connectivity index (χ2n) is 5.84. The number of ether oxygens (including phenoxy) is 1. The normalized spacial score (nSPS) is 11.0. The van der Waals surface area contributed by atoms with Crippen LogP contribution in [0.15, 0.2) is 64.6 Å². The van der Waals surface area contributed by atoms with Crippen LogP contribution < -0.4 is 15.7 Å². The van der Waals surface area contributed by atoms with Gasteiger partial charge in [0, 0.05) is 18.3 Å². The lowest BCUT2D eigenvalue weighted by Gasteiger charge is -2.10. The van der Waals surface area contributed by atoms with Gasteiger partial charge in [0.15, 0.2) is 0 Å². The molecule has 27 heavy (non-hydrogen) atoms. The van der Waals surface area contributed by atoms with Crippen LogP contribution in [0.3, 0.4) is 0 Å². The molecule has 138 valence electrons. The summed E-state index contributed by atoms with van der Waals surface area (Å²) in [5.74, 6) is 0.138. The highest BCUT2D eigenvalue weighted by molar-refractivity contribution is 6.03. The third kappa shape index (κ3) is 3.89. The Labute approximate surface area is 157 Å². The van der Waals surface area contributed by atoms with E-state index in [1.54, 1.807) is 18.5 Å². The number of benzene rings is 2. The van der Waals surface area contributed by atoms with E-state index >= 15 is 0 Å². The van der Waals surface area contributed by atoms with Crippen LogP contribution in [0.25, 0.3) is 10.8 Å². The van der Waals surface area contributed by atoms with E-state index in [0.29, 0.717) is 18.9 Å². The van der Waals surface area contributed by atoms with Crippen molar-refractivity contribution >= 4 is 22.9 Å². The number of hydrogen-bond donors (Lipinski definition) is 1. The second kappa shape index (κ2) is 8.31. The fourth-order valence-electron chi connectivity index (χ4n) is 2.86. The molecule has 0 aliphatic heterocycles. The highest BCUT2D eigenvalue weighted by Crippen LogP contribution is 2.26. The van der Waals surface area contributed by atoms with Gasteiger partial charge in [-0.25, -0.2) is 5.43 Å². The molecule has 0 unspecified atom stereocenters. The number of hydrogen-bond acceptors (Lipinski definition) is 4. The van der Waals surface area contributed by atoms with Crippen molar-refractivity contribution in [3.05, 3.63) is 76.2 Å². The maximum atomic E-state index is 12.3. The van der Waals surface area contributed by atoms with E-state index < -0.39 is 5.91 Å². The van der Waals surface area contributed by atoms with Crippen LogP contribution in [0.4, 0.5) is 0 Å². The standard InChI is InChI=1S/C21H21N3O3/c1-3-24-13-7-10-17(21(24)26)20(25)23-22-14-18-16-9-6-5-8-15(16)11-12-19(18)27-4-2/h5-14H,3-4H2,1-2H3,(H,23,25)/b22-14-. The highest BCUT2D eigenvalue weighted by Gasteiger charge is 2.11. The van der Waals surface area contributed by atoms with Crippen molar-refractivity contribution in [2.24, 2.45) is 5.10 Å². The van der Waals surface area contributed by atoms with E-state index in [1.165, 1.54) is 10.6 Å². The number of fused-ring (bicyclic) bond motifs is 1. The van der Waals surface area contributed by atoms with E-state index in [-0.39, 0.29) is 11.1 Å².